The molecule has 22 heavy (non-hydrogen) atoms. The Morgan fingerprint density at radius 2 is 1.91 bits per heavy atom. The van der Waals surface area contributed by atoms with E-state index in [0.29, 0.717) is 30.5 Å². The van der Waals surface area contributed by atoms with Crippen LogP contribution in [-0.2, 0) is 6.54 Å². The summed E-state index contributed by atoms with van der Waals surface area (Å²) in [6.45, 7) is 7.41. The Morgan fingerprint density at radius 1 is 1.18 bits per heavy atom. The molecule has 118 valence electrons. The minimum atomic E-state index is 0.210. The number of rotatable bonds is 7. The van der Waals surface area contributed by atoms with Gasteiger partial charge in [0.25, 0.3) is 0 Å². The number of nitrogens with zero attached hydrogens (tertiary/aromatic N) is 2. The van der Waals surface area contributed by atoms with Crippen molar-refractivity contribution in [1.29, 1.82) is 0 Å². The van der Waals surface area contributed by atoms with Crippen molar-refractivity contribution in [3.05, 3.63) is 41.7 Å². The number of aromatic nitrogens is 2. The summed E-state index contributed by atoms with van der Waals surface area (Å²) in [6, 6.07) is 10.1. The average molecular weight is 300 g/mol. The van der Waals surface area contributed by atoms with Gasteiger partial charge in [-0.2, -0.15) is 4.98 Å². The molecule has 1 heterocycles. The summed E-state index contributed by atoms with van der Waals surface area (Å²) in [6.07, 6.45) is 0.910. The summed E-state index contributed by atoms with van der Waals surface area (Å²) >= 11 is 0. The maximum absolute atomic E-state index is 6.14. The molecule has 0 aliphatic rings. The molecule has 2 aromatic rings. The van der Waals surface area contributed by atoms with Gasteiger partial charge in [-0.3, -0.25) is 0 Å². The second-order valence-corrected chi connectivity index (χ2v) is 5.49. The van der Waals surface area contributed by atoms with Crippen molar-refractivity contribution in [2.45, 2.75) is 39.7 Å². The van der Waals surface area contributed by atoms with E-state index in [2.05, 4.69) is 48.2 Å². The molecule has 1 aromatic carbocycles. The van der Waals surface area contributed by atoms with E-state index in [4.69, 9.17) is 10.5 Å². The minimum absolute atomic E-state index is 0.210. The number of hydrogen-bond acceptors (Lipinski definition) is 5. The molecule has 0 unspecified atom stereocenters. The summed E-state index contributed by atoms with van der Waals surface area (Å²) < 4.78 is 5.65. The van der Waals surface area contributed by atoms with Gasteiger partial charge in [-0.1, -0.05) is 51.1 Å². The van der Waals surface area contributed by atoms with Gasteiger partial charge in [0.05, 0.1) is 6.61 Å². The zero-order valence-corrected chi connectivity index (χ0v) is 13.5. The average Bonchev–Trinajstić information content (AvgIpc) is 2.53. The number of nitrogens with two attached hydrogens (primary N) is 1. The van der Waals surface area contributed by atoms with Gasteiger partial charge in [0, 0.05) is 12.5 Å². The van der Waals surface area contributed by atoms with Crippen LogP contribution in [0.4, 0.5) is 11.5 Å². The largest absolute Gasteiger partial charge is 0.476 e. The Balaban J connectivity index is 2.22. The molecule has 0 aliphatic heterocycles. The van der Waals surface area contributed by atoms with Crippen molar-refractivity contribution in [2.75, 3.05) is 17.7 Å². The lowest BCUT2D eigenvalue weighted by Gasteiger charge is -2.15. The first-order valence-electron chi connectivity index (χ1n) is 7.69. The second kappa shape index (κ2) is 7.64. The lowest BCUT2D eigenvalue weighted by Crippen LogP contribution is -2.12. The first-order valence-corrected chi connectivity index (χ1v) is 7.69. The minimum Gasteiger partial charge on any atom is -0.476 e. The van der Waals surface area contributed by atoms with Crippen LogP contribution in [0.25, 0.3) is 0 Å². The van der Waals surface area contributed by atoms with Crippen molar-refractivity contribution in [3.63, 3.8) is 0 Å². The van der Waals surface area contributed by atoms with E-state index >= 15 is 0 Å². The van der Waals surface area contributed by atoms with Gasteiger partial charge in [-0.15, -0.1) is 0 Å². The molecule has 0 aliphatic carbocycles. The van der Waals surface area contributed by atoms with Gasteiger partial charge < -0.3 is 15.8 Å². The number of nitrogens with one attached hydrogen (secondary N) is 1. The normalized spacial score (nSPS) is 10.7. The van der Waals surface area contributed by atoms with E-state index in [9.17, 15) is 0 Å². The molecule has 5 heteroatoms. The highest BCUT2D eigenvalue weighted by molar-refractivity contribution is 5.67. The molecule has 0 saturated carbocycles. The summed E-state index contributed by atoms with van der Waals surface area (Å²) in [5.74, 6) is 2.04. The Hall–Kier alpha value is -2.30. The quantitative estimate of drug-likeness (QED) is 0.817. The van der Waals surface area contributed by atoms with Gasteiger partial charge in [0.15, 0.2) is 5.82 Å². The van der Waals surface area contributed by atoms with Crippen molar-refractivity contribution >= 4 is 11.5 Å². The number of nitrogen functional groups attached to an aromatic ring is 1. The molecule has 0 amide bonds. The number of anilines is 2. The molecule has 2 rings (SSSR count). The van der Waals surface area contributed by atoms with Crippen molar-refractivity contribution < 1.29 is 4.74 Å². The van der Waals surface area contributed by atoms with E-state index in [-0.39, 0.29) is 5.92 Å². The highest BCUT2D eigenvalue weighted by Gasteiger charge is 2.14. The maximum atomic E-state index is 6.14. The molecule has 0 radical (unpaired) electrons. The van der Waals surface area contributed by atoms with Crippen LogP contribution in [0.2, 0.25) is 0 Å². The molecule has 3 N–H and O–H groups in total. The van der Waals surface area contributed by atoms with Crippen molar-refractivity contribution in [3.8, 4) is 5.88 Å². The third-order valence-electron chi connectivity index (χ3n) is 3.19. The van der Waals surface area contributed by atoms with Crippen molar-refractivity contribution in [1.82, 2.24) is 9.97 Å². The highest BCUT2D eigenvalue weighted by Crippen LogP contribution is 2.28. The van der Waals surface area contributed by atoms with Crippen LogP contribution >= 0.6 is 0 Å². The van der Waals surface area contributed by atoms with Gasteiger partial charge in [0.2, 0.25) is 5.88 Å². The molecule has 0 spiro atoms. The molecule has 0 atom stereocenters. The molecular weight excluding hydrogens is 276 g/mol. The lowest BCUT2D eigenvalue weighted by molar-refractivity contribution is 0.305. The Labute approximate surface area is 131 Å². The Bertz CT molecular complexity index is 599. The fourth-order valence-electron chi connectivity index (χ4n) is 1.95. The van der Waals surface area contributed by atoms with Crippen LogP contribution in [0.3, 0.4) is 0 Å². The van der Waals surface area contributed by atoms with Gasteiger partial charge in [-0.25, -0.2) is 4.98 Å². The molecular formula is C17H24N4O. The summed E-state index contributed by atoms with van der Waals surface area (Å²) in [4.78, 5) is 8.95. The fraction of sp³-hybridized carbons (Fsp3) is 0.412. The topological polar surface area (TPSA) is 73.1 Å². The van der Waals surface area contributed by atoms with Crippen LogP contribution in [0.15, 0.2) is 30.3 Å². The third-order valence-corrected chi connectivity index (χ3v) is 3.19. The third kappa shape index (κ3) is 4.10. The van der Waals surface area contributed by atoms with Gasteiger partial charge in [0.1, 0.15) is 11.5 Å². The van der Waals surface area contributed by atoms with E-state index in [0.717, 1.165) is 12.2 Å². The summed E-state index contributed by atoms with van der Waals surface area (Å²) in [5.41, 5.74) is 7.78. The van der Waals surface area contributed by atoms with Crippen LogP contribution < -0.4 is 15.8 Å². The van der Waals surface area contributed by atoms with E-state index in [1.807, 2.05) is 18.2 Å². The number of ether oxygens (including phenoxy) is 1. The first-order chi connectivity index (χ1) is 10.6. The second-order valence-electron chi connectivity index (χ2n) is 5.49. The first kappa shape index (κ1) is 16.1. The Kier molecular flexibility index (Phi) is 5.58. The number of hydrogen-bond donors (Lipinski definition) is 2. The smallest absolute Gasteiger partial charge is 0.242 e. The Morgan fingerprint density at radius 3 is 2.55 bits per heavy atom. The van der Waals surface area contributed by atoms with E-state index < -0.39 is 0 Å². The van der Waals surface area contributed by atoms with Crippen LogP contribution in [-0.4, -0.2) is 16.6 Å². The standard InChI is InChI=1S/C17H24N4O/c1-4-10-22-17-14(18)16(20-15(21-17)12(2)3)19-11-13-8-6-5-7-9-13/h5-9,12H,4,10-11,18H2,1-3H3,(H,19,20,21). The monoisotopic (exact) mass is 300 g/mol. The number of benzene rings is 1. The van der Waals surface area contributed by atoms with E-state index in [1.54, 1.807) is 0 Å². The lowest BCUT2D eigenvalue weighted by atomic mass is 10.2. The zero-order chi connectivity index (χ0) is 15.9. The maximum Gasteiger partial charge on any atom is 0.242 e. The predicted octanol–water partition coefficient (Wildman–Crippen LogP) is 3.58. The zero-order valence-electron chi connectivity index (χ0n) is 13.5. The van der Waals surface area contributed by atoms with Gasteiger partial charge in [-0.05, 0) is 12.0 Å². The fourth-order valence-corrected chi connectivity index (χ4v) is 1.95. The van der Waals surface area contributed by atoms with Crippen LogP contribution in [0.1, 0.15) is 44.5 Å². The molecule has 1 aromatic heterocycles. The molecule has 0 fully saturated rings. The molecule has 0 saturated heterocycles. The summed E-state index contributed by atoms with van der Waals surface area (Å²) in [5, 5.41) is 3.29. The summed E-state index contributed by atoms with van der Waals surface area (Å²) in [7, 11) is 0. The van der Waals surface area contributed by atoms with Gasteiger partial charge >= 0.3 is 0 Å². The molecule has 0 bridgehead atoms. The predicted molar refractivity (Wildman–Crippen MR) is 90.1 cm³/mol. The highest BCUT2D eigenvalue weighted by atomic mass is 16.5. The van der Waals surface area contributed by atoms with Crippen molar-refractivity contribution in [2.24, 2.45) is 0 Å². The SMILES string of the molecule is CCCOc1nc(C(C)C)nc(NCc2ccccc2)c1N. The van der Waals surface area contributed by atoms with E-state index in [1.165, 1.54) is 5.56 Å². The van der Waals surface area contributed by atoms with Crippen LogP contribution in [0, 0.1) is 0 Å². The van der Waals surface area contributed by atoms with Crippen LogP contribution in [0.5, 0.6) is 5.88 Å². The molecule has 5 nitrogen and oxygen atoms in total.